The third kappa shape index (κ3) is 5.07. The molecule has 0 spiro atoms. The van der Waals surface area contributed by atoms with E-state index in [1.54, 1.807) is 6.07 Å². The van der Waals surface area contributed by atoms with Crippen molar-refractivity contribution >= 4 is 5.97 Å². The molecule has 0 unspecified atom stereocenters. The first-order valence-corrected chi connectivity index (χ1v) is 10.9. The lowest BCUT2D eigenvalue weighted by atomic mass is 10.1. The third-order valence-electron chi connectivity index (χ3n) is 5.29. The molecule has 0 bridgehead atoms. The topological polar surface area (TPSA) is 64.2 Å². The molecule has 5 nitrogen and oxygen atoms in total. The minimum Gasteiger partial charge on any atom is -0.494 e. The molecule has 36 heavy (non-hydrogen) atoms. The van der Waals surface area contributed by atoms with Gasteiger partial charge >= 0.3 is 5.97 Å². The predicted molar refractivity (Wildman–Crippen MR) is 121 cm³/mol. The molecule has 1 aromatic heterocycles. The van der Waals surface area contributed by atoms with E-state index in [1.807, 2.05) is 24.3 Å². The minimum absolute atomic E-state index is 0.166. The molecular formula is C26H19F5N2O3. The van der Waals surface area contributed by atoms with Crippen LogP contribution in [-0.4, -0.2) is 22.8 Å². The molecule has 0 atom stereocenters. The van der Waals surface area contributed by atoms with Crippen molar-refractivity contribution in [2.24, 2.45) is 0 Å². The highest BCUT2D eigenvalue weighted by Crippen LogP contribution is 2.30. The second-order valence-electron chi connectivity index (χ2n) is 7.76. The van der Waals surface area contributed by atoms with E-state index in [9.17, 15) is 26.7 Å². The monoisotopic (exact) mass is 502 g/mol. The summed E-state index contributed by atoms with van der Waals surface area (Å²) in [5, 5.41) is 7.16. The molecule has 0 aliphatic heterocycles. The number of rotatable bonds is 8. The number of esters is 1. The van der Waals surface area contributed by atoms with E-state index in [0.717, 1.165) is 24.2 Å². The molecule has 0 aliphatic carbocycles. The molecule has 1 heterocycles. The van der Waals surface area contributed by atoms with Crippen LogP contribution in [0.25, 0.3) is 22.5 Å². The summed E-state index contributed by atoms with van der Waals surface area (Å²) < 4.78 is 77.5. The zero-order valence-electron chi connectivity index (χ0n) is 18.9. The molecule has 0 amide bonds. The Bertz CT molecular complexity index is 1360. The van der Waals surface area contributed by atoms with Crippen LogP contribution in [0.15, 0.2) is 54.6 Å². The van der Waals surface area contributed by atoms with Crippen LogP contribution in [-0.2, 0) is 0 Å². The minimum atomic E-state index is -2.34. The number of aromatic nitrogens is 2. The number of carbonyl (C=O) groups is 1. The van der Waals surface area contributed by atoms with E-state index in [-0.39, 0.29) is 5.56 Å². The Balaban J connectivity index is 1.47. The van der Waals surface area contributed by atoms with Gasteiger partial charge in [0.25, 0.3) is 0 Å². The van der Waals surface area contributed by atoms with Crippen molar-refractivity contribution in [3.05, 3.63) is 89.2 Å². The second-order valence-corrected chi connectivity index (χ2v) is 7.76. The highest BCUT2D eigenvalue weighted by molar-refractivity contribution is 5.91. The zero-order chi connectivity index (χ0) is 25.8. The van der Waals surface area contributed by atoms with Crippen molar-refractivity contribution in [2.45, 2.75) is 19.8 Å². The molecule has 4 rings (SSSR count). The number of ether oxygens (including phenoxy) is 2. The van der Waals surface area contributed by atoms with Crippen molar-refractivity contribution in [1.82, 2.24) is 10.2 Å². The summed E-state index contributed by atoms with van der Waals surface area (Å²) in [7, 11) is 0. The van der Waals surface area contributed by atoms with Crippen molar-refractivity contribution < 1.29 is 36.2 Å². The molecule has 4 aromatic rings. The number of hydrogen-bond acceptors (Lipinski definition) is 4. The van der Waals surface area contributed by atoms with Crippen LogP contribution in [0, 0.1) is 29.1 Å². The van der Waals surface area contributed by atoms with Gasteiger partial charge in [-0.1, -0.05) is 25.5 Å². The first kappa shape index (κ1) is 24.9. The van der Waals surface area contributed by atoms with Gasteiger partial charge in [0.2, 0.25) is 34.8 Å². The summed E-state index contributed by atoms with van der Waals surface area (Å²) in [4.78, 5) is 12.2. The maximum Gasteiger partial charge on any atom is 0.343 e. The third-order valence-corrected chi connectivity index (χ3v) is 5.29. The molecule has 0 aliphatic rings. The van der Waals surface area contributed by atoms with Gasteiger partial charge in [0, 0.05) is 5.56 Å². The summed E-state index contributed by atoms with van der Waals surface area (Å²) in [5.74, 6) is -13.4. The lowest BCUT2D eigenvalue weighted by molar-refractivity contribution is 0.0716. The van der Waals surface area contributed by atoms with Gasteiger partial charge in [-0.3, -0.25) is 5.10 Å². The Morgan fingerprint density at radius 1 is 0.833 bits per heavy atom. The Labute approximate surface area is 202 Å². The number of carbonyl (C=O) groups excluding carboxylic acids is 1. The molecule has 0 saturated carbocycles. The largest absolute Gasteiger partial charge is 0.494 e. The lowest BCUT2D eigenvalue weighted by Gasteiger charge is -2.09. The smallest absolute Gasteiger partial charge is 0.343 e. The summed E-state index contributed by atoms with van der Waals surface area (Å²) in [6.07, 6.45) is 2.01. The van der Waals surface area contributed by atoms with E-state index < -0.39 is 40.8 Å². The predicted octanol–water partition coefficient (Wildman–Crippen LogP) is 6.84. The summed E-state index contributed by atoms with van der Waals surface area (Å²) in [6, 6.07) is 14.8. The number of unbranched alkanes of at least 4 members (excludes halogenated alkanes) is 1. The maximum atomic E-state index is 13.8. The molecular weight excluding hydrogens is 483 g/mol. The van der Waals surface area contributed by atoms with E-state index >= 15 is 0 Å². The highest BCUT2D eigenvalue weighted by Gasteiger charge is 2.28. The van der Waals surface area contributed by atoms with Crippen LogP contribution >= 0.6 is 0 Å². The number of aromatic amines is 1. The van der Waals surface area contributed by atoms with Crippen molar-refractivity contribution in [2.75, 3.05) is 6.61 Å². The Morgan fingerprint density at radius 3 is 2.03 bits per heavy atom. The zero-order valence-corrected chi connectivity index (χ0v) is 18.9. The number of hydrogen-bond donors (Lipinski definition) is 1. The van der Waals surface area contributed by atoms with Crippen LogP contribution in [0.1, 0.15) is 30.1 Å². The highest BCUT2D eigenvalue weighted by atomic mass is 19.2. The first-order valence-electron chi connectivity index (χ1n) is 10.9. The number of nitrogens with zero attached hydrogens (tertiary/aromatic N) is 1. The fraction of sp³-hybridized carbons (Fsp3) is 0.154. The van der Waals surface area contributed by atoms with Gasteiger partial charge in [-0.15, -0.1) is 0 Å². The van der Waals surface area contributed by atoms with E-state index in [1.165, 1.54) is 24.3 Å². The van der Waals surface area contributed by atoms with Gasteiger partial charge in [-0.25, -0.2) is 18.0 Å². The quantitative estimate of drug-likeness (QED) is 0.0716. The second kappa shape index (κ2) is 10.6. The average Bonchev–Trinajstić information content (AvgIpc) is 3.40. The summed E-state index contributed by atoms with van der Waals surface area (Å²) in [6.45, 7) is 2.73. The van der Waals surface area contributed by atoms with Crippen molar-refractivity contribution in [3.63, 3.8) is 0 Å². The fourth-order valence-corrected chi connectivity index (χ4v) is 3.29. The number of H-pyrrole nitrogens is 1. The van der Waals surface area contributed by atoms with Gasteiger partial charge in [-0.05, 0) is 54.4 Å². The number of benzene rings is 3. The normalized spacial score (nSPS) is 10.9. The molecule has 3 aromatic carbocycles. The van der Waals surface area contributed by atoms with Crippen molar-refractivity contribution in [3.8, 4) is 34.0 Å². The average molecular weight is 502 g/mol. The first-order chi connectivity index (χ1) is 17.3. The van der Waals surface area contributed by atoms with Crippen LogP contribution in [0.3, 0.4) is 0 Å². The Kier molecular flexibility index (Phi) is 7.33. The number of nitrogens with one attached hydrogen (secondary N) is 1. The molecule has 186 valence electrons. The van der Waals surface area contributed by atoms with E-state index in [2.05, 4.69) is 21.9 Å². The molecule has 0 radical (unpaired) electrons. The molecule has 1 N–H and O–H groups in total. The van der Waals surface area contributed by atoms with E-state index in [0.29, 0.717) is 23.6 Å². The van der Waals surface area contributed by atoms with Crippen LogP contribution < -0.4 is 9.47 Å². The van der Waals surface area contributed by atoms with Gasteiger partial charge < -0.3 is 9.47 Å². The molecule has 10 heteroatoms. The van der Waals surface area contributed by atoms with Crippen molar-refractivity contribution in [1.29, 1.82) is 0 Å². The van der Waals surface area contributed by atoms with Crippen LogP contribution in [0.4, 0.5) is 22.0 Å². The van der Waals surface area contributed by atoms with Gasteiger partial charge in [0.05, 0.1) is 23.6 Å². The maximum absolute atomic E-state index is 13.8. The standard InChI is InChI=1S/C26H19F5N2O3/c1-2-3-12-35-17-10-8-15(9-11-17)19-13-18(32-33-19)14-4-6-16(7-5-14)26(34)36-25-23(30)21(28)20(27)22(29)24(25)31/h4-11,13H,2-3,12H2,1H3,(H,32,33). The summed E-state index contributed by atoms with van der Waals surface area (Å²) in [5.41, 5.74) is 2.60. The van der Waals surface area contributed by atoms with E-state index in [4.69, 9.17) is 4.74 Å². The Morgan fingerprint density at radius 2 is 1.42 bits per heavy atom. The number of halogens is 5. The van der Waals surface area contributed by atoms with Gasteiger partial charge in [-0.2, -0.15) is 13.9 Å². The van der Waals surface area contributed by atoms with Crippen LogP contribution in [0.5, 0.6) is 11.5 Å². The molecule has 0 saturated heterocycles. The fourth-order valence-electron chi connectivity index (χ4n) is 3.29. The van der Waals surface area contributed by atoms with Crippen LogP contribution in [0.2, 0.25) is 0 Å². The Hall–Kier alpha value is -4.21. The van der Waals surface area contributed by atoms with Gasteiger partial charge in [0.1, 0.15) is 5.75 Å². The van der Waals surface area contributed by atoms with Gasteiger partial charge in [0.15, 0.2) is 0 Å². The SMILES string of the molecule is CCCCOc1ccc(-c2cc(-c3ccc(C(=O)Oc4c(F)c(F)c(F)c(F)c4F)cc3)[nH]n2)cc1. The molecule has 0 fully saturated rings. The lowest BCUT2D eigenvalue weighted by Crippen LogP contribution is -2.13. The summed E-state index contributed by atoms with van der Waals surface area (Å²) >= 11 is 0.